The minimum absolute atomic E-state index is 0.00310. The first-order valence-electron chi connectivity index (χ1n) is 7.86. The Kier molecular flexibility index (Phi) is 5.22. The van der Waals surface area contributed by atoms with Crippen molar-refractivity contribution in [3.8, 4) is 0 Å². The minimum Gasteiger partial charge on any atom is -0.340 e. The summed E-state index contributed by atoms with van der Waals surface area (Å²) in [6.45, 7) is 12.6. The molecular formula is C16H30N2O2. The zero-order chi connectivity index (χ0) is 15.6. The summed E-state index contributed by atoms with van der Waals surface area (Å²) in [5.41, 5.74) is -1.45. The standard InChI is InChI=1S/C16H30N2O2/c1-7-16(8-2)13(19)17-15(5,6)14(20)18(16)11-9-10-12(3)4/h12H,7-11H2,1-6H3,(H,17,19). The maximum absolute atomic E-state index is 12.7. The third-order valence-corrected chi connectivity index (χ3v) is 4.48. The number of hydrogen-bond acceptors (Lipinski definition) is 2. The third kappa shape index (κ3) is 2.99. The molecule has 0 radical (unpaired) electrons. The van der Waals surface area contributed by atoms with Gasteiger partial charge in [-0.25, -0.2) is 0 Å². The fourth-order valence-corrected chi connectivity index (χ4v) is 3.03. The predicted molar refractivity (Wildman–Crippen MR) is 81.3 cm³/mol. The molecular weight excluding hydrogens is 252 g/mol. The second-order valence-electron chi connectivity index (χ2n) is 6.81. The van der Waals surface area contributed by atoms with E-state index in [-0.39, 0.29) is 11.8 Å². The highest BCUT2D eigenvalue weighted by Crippen LogP contribution is 2.32. The summed E-state index contributed by atoms with van der Waals surface area (Å²) in [6, 6.07) is 0. The van der Waals surface area contributed by atoms with Crippen molar-refractivity contribution in [2.24, 2.45) is 5.92 Å². The van der Waals surface area contributed by atoms with Crippen LogP contribution in [0.15, 0.2) is 0 Å². The van der Waals surface area contributed by atoms with E-state index in [0.29, 0.717) is 25.3 Å². The van der Waals surface area contributed by atoms with E-state index in [2.05, 4.69) is 19.2 Å². The molecule has 1 saturated heterocycles. The lowest BCUT2D eigenvalue weighted by Crippen LogP contribution is -2.74. The molecule has 1 heterocycles. The topological polar surface area (TPSA) is 49.4 Å². The van der Waals surface area contributed by atoms with Crippen LogP contribution in [-0.2, 0) is 9.59 Å². The molecule has 0 aromatic rings. The lowest BCUT2D eigenvalue weighted by molar-refractivity contribution is -0.162. The van der Waals surface area contributed by atoms with Gasteiger partial charge in [0.15, 0.2) is 0 Å². The van der Waals surface area contributed by atoms with Gasteiger partial charge in [0, 0.05) is 6.54 Å². The van der Waals surface area contributed by atoms with Crippen molar-refractivity contribution in [1.82, 2.24) is 10.2 Å². The molecule has 1 rings (SSSR count). The van der Waals surface area contributed by atoms with Gasteiger partial charge in [0.05, 0.1) is 0 Å². The molecule has 4 nitrogen and oxygen atoms in total. The van der Waals surface area contributed by atoms with Crippen molar-refractivity contribution in [2.45, 2.75) is 78.3 Å². The molecule has 116 valence electrons. The van der Waals surface area contributed by atoms with E-state index in [4.69, 9.17) is 0 Å². The van der Waals surface area contributed by atoms with Crippen molar-refractivity contribution < 1.29 is 9.59 Å². The molecule has 0 spiro atoms. The Morgan fingerprint density at radius 1 is 1.15 bits per heavy atom. The zero-order valence-electron chi connectivity index (χ0n) is 13.9. The molecule has 1 aliphatic rings. The van der Waals surface area contributed by atoms with Gasteiger partial charge in [0.25, 0.3) is 0 Å². The minimum atomic E-state index is -0.789. The van der Waals surface area contributed by atoms with Crippen LogP contribution in [0.2, 0.25) is 0 Å². The molecule has 1 N–H and O–H groups in total. The summed E-state index contributed by atoms with van der Waals surface area (Å²) in [6.07, 6.45) is 3.36. The number of carbonyl (C=O) groups excluding carboxylic acids is 2. The Morgan fingerprint density at radius 3 is 2.15 bits per heavy atom. The van der Waals surface area contributed by atoms with Crippen LogP contribution in [0.1, 0.15) is 67.2 Å². The van der Waals surface area contributed by atoms with Gasteiger partial charge >= 0.3 is 0 Å². The summed E-state index contributed by atoms with van der Waals surface area (Å²) >= 11 is 0. The lowest BCUT2D eigenvalue weighted by atomic mass is 9.82. The fraction of sp³-hybridized carbons (Fsp3) is 0.875. The SMILES string of the molecule is CCC1(CC)C(=O)NC(C)(C)C(=O)N1CCCC(C)C. The van der Waals surface area contributed by atoms with E-state index in [1.807, 2.05) is 18.7 Å². The summed E-state index contributed by atoms with van der Waals surface area (Å²) in [5, 5.41) is 2.90. The van der Waals surface area contributed by atoms with Crippen LogP contribution in [0, 0.1) is 5.92 Å². The Hall–Kier alpha value is -1.06. The van der Waals surface area contributed by atoms with Gasteiger partial charge < -0.3 is 10.2 Å². The molecule has 0 atom stereocenters. The van der Waals surface area contributed by atoms with Crippen molar-refractivity contribution in [3.05, 3.63) is 0 Å². The van der Waals surface area contributed by atoms with Crippen molar-refractivity contribution in [1.29, 1.82) is 0 Å². The summed E-state index contributed by atoms with van der Waals surface area (Å²) in [5.74, 6) is 0.663. The normalized spacial score (nSPS) is 21.2. The highest BCUT2D eigenvalue weighted by Gasteiger charge is 2.52. The van der Waals surface area contributed by atoms with E-state index in [1.165, 1.54) is 0 Å². The van der Waals surface area contributed by atoms with Gasteiger partial charge in [0.1, 0.15) is 11.1 Å². The molecule has 0 aromatic carbocycles. The molecule has 0 unspecified atom stereocenters. The van der Waals surface area contributed by atoms with Crippen molar-refractivity contribution in [2.75, 3.05) is 6.54 Å². The molecule has 20 heavy (non-hydrogen) atoms. The predicted octanol–water partition coefficient (Wildman–Crippen LogP) is 2.72. The van der Waals surface area contributed by atoms with Gasteiger partial charge in [-0.1, -0.05) is 27.7 Å². The van der Waals surface area contributed by atoms with Crippen LogP contribution >= 0.6 is 0 Å². The lowest BCUT2D eigenvalue weighted by Gasteiger charge is -2.50. The van der Waals surface area contributed by atoms with Crippen LogP contribution in [0.25, 0.3) is 0 Å². The Labute approximate surface area is 123 Å². The zero-order valence-corrected chi connectivity index (χ0v) is 13.9. The highest BCUT2D eigenvalue weighted by molar-refractivity contribution is 6.01. The largest absolute Gasteiger partial charge is 0.340 e. The molecule has 0 bridgehead atoms. The van der Waals surface area contributed by atoms with E-state index in [0.717, 1.165) is 12.8 Å². The number of nitrogens with zero attached hydrogens (tertiary/aromatic N) is 1. The van der Waals surface area contributed by atoms with Gasteiger partial charge in [0.2, 0.25) is 11.8 Å². The first-order chi connectivity index (χ1) is 9.21. The van der Waals surface area contributed by atoms with Gasteiger partial charge in [-0.2, -0.15) is 0 Å². The second-order valence-corrected chi connectivity index (χ2v) is 6.81. The van der Waals surface area contributed by atoms with Crippen LogP contribution < -0.4 is 5.32 Å². The number of carbonyl (C=O) groups is 2. The van der Waals surface area contributed by atoms with Gasteiger partial charge in [-0.05, 0) is 45.4 Å². The van der Waals surface area contributed by atoms with Crippen LogP contribution in [0.5, 0.6) is 0 Å². The molecule has 4 heteroatoms. The summed E-state index contributed by atoms with van der Waals surface area (Å²) in [7, 11) is 0. The van der Waals surface area contributed by atoms with Crippen molar-refractivity contribution in [3.63, 3.8) is 0 Å². The first kappa shape index (κ1) is 17.0. The molecule has 0 saturated carbocycles. The molecule has 0 aromatic heterocycles. The highest BCUT2D eigenvalue weighted by atomic mass is 16.2. The second kappa shape index (κ2) is 6.15. The molecule has 1 fully saturated rings. The Morgan fingerprint density at radius 2 is 1.70 bits per heavy atom. The monoisotopic (exact) mass is 282 g/mol. The molecule has 0 aliphatic carbocycles. The van der Waals surface area contributed by atoms with Gasteiger partial charge in [-0.15, -0.1) is 0 Å². The third-order valence-electron chi connectivity index (χ3n) is 4.48. The quantitative estimate of drug-likeness (QED) is 0.814. The number of amides is 2. The maximum Gasteiger partial charge on any atom is 0.248 e. The van der Waals surface area contributed by atoms with Crippen LogP contribution in [0.4, 0.5) is 0 Å². The molecule has 1 aliphatic heterocycles. The number of rotatable bonds is 6. The van der Waals surface area contributed by atoms with E-state index in [1.54, 1.807) is 13.8 Å². The average Bonchev–Trinajstić information content (AvgIpc) is 2.35. The Bertz CT molecular complexity index is 371. The molecule has 2 amide bonds. The van der Waals surface area contributed by atoms with E-state index >= 15 is 0 Å². The van der Waals surface area contributed by atoms with Crippen LogP contribution in [0.3, 0.4) is 0 Å². The van der Waals surface area contributed by atoms with Crippen LogP contribution in [-0.4, -0.2) is 34.3 Å². The number of hydrogen-bond donors (Lipinski definition) is 1. The maximum atomic E-state index is 12.7. The van der Waals surface area contributed by atoms with E-state index in [9.17, 15) is 9.59 Å². The first-order valence-corrected chi connectivity index (χ1v) is 7.86. The number of nitrogens with one attached hydrogen (secondary N) is 1. The fourth-order valence-electron chi connectivity index (χ4n) is 3.03. The summed E-state index contributed by atoms with van der Waals surface area (Å²) in [4.78, 5) is 27.1. The number of piperazine rings is 1. The van der Waals surface area contributed by atoms with Crippen molar-refractivity contribution >= 4 is 11.8 Å². The van der Waals surface area contributed by atoms with Gasteiger partial charge in [-0.3, -0.25) is 9.59 Å². The Balaban J connectivity index is 3.01. The summed E-state index contributed by atoms with van der Waals surface area (Å²) < 4.78 is 0. The average molecular weight is 282 g/mol. The smallest absolute Gasteiger partial charge is 0.248 e. The van der Waals surface area contributed by atoms with E-state index < -0.39 is 11.1 Å².